The standard InChI is InChI=1S/C20H19NO6S/c1-25-12-7-8-16(26-2)13(9-12)15(22)11-27-19(23)10-18-20(24)21-14-5-3-4-6-17(14)28-18/h3-9,18H,10-11H2,1-2H3,(H,21,24)/t18-/m1/s1. The second-order valence-corrected chi connectivity index (χ2v) is 7.19. The minimum absolute atomic E-state index is 0.132. The molecule has 3 rings (SSSR count). The molecular weight excluding hydrogens is 382 g/mol. The summed E-state index contributed by atoms with van der Waals surface area (Å²) in [6, 6.07) is 12.2. The number of amides is 1. The highest BCUT2D eigenvalue weighted by molar-refractivity contribution is 8.01. The Bertz CT molecular complexity index is 913. The van der Waals surface area contributed by atoms with Gasteiger partial charge < -0.3 is 19.5 Å². The number of para-hydroxylation sites is 1. The number of thioether (sulfide) groups is 1. The van der Waals surface area contributed by atoms with Crippen LogP contribution in [0.4, 0.5) is 5.69 Å². The lowest BCUT2D eigenvalue weighted by molar-refractivity contribution is -0.143. The van der Waals surface area contributed by atoms with Gasteiger partial charge in [-0.3, -0.25) is 14.4 Å². The maximum absolute atomic E-state index is 12.4. The molecule has 1 N–H and O–H groups in total. The zero-order valence-corrected chi connectivity index (χ0v) is 16.2. The molecule has 0 fully saturated rings. The van der Waals surface area contributed by atoms with Crippen molar-refractivity contribution in [1.82, 2.24) is 0 Å². The van der Waals surface area contributed by atoms with E-state index in [4.69, 9.17) is 14.2 Å². The third kappa shape index (κ3) is 4.45. The first-order chi connectivity index (χ1) is 13.5. The van der Waals surface area contributed by atoms with E-state index < -0.39 is 23.6 Å². The van der Waals surface area contributed by atoms with Gasteiger partial charge in [-0.2, -0.15) is 0 Å². The van der Waals surface area contributed by atoms with Crippen LogP contribution in [0.25, 0.3) is 0 Å². The van der Waals surface area contributed by atoms with Crippen LogP contribution in [0.15, 0.2) is 47.4 Å². The zero-order valence-electron chi connectivity index (χ0n) is 15.4. The van der Waals surface area contributed by atoms with Crippen LogP contribution in [-0.4, -0.2) is 43.7 Å². The molecule has 1 amide bonds. The number of hydrogen-bond acceptors (Lipinski definition) is 7. The highest BCUT2D eigenvalue weighted by atomic mass is 32.2. The van der Waals surface area contributed by atoms with Crippen LogP contribution >= 0.6 is 11.8 Å². The van der Waals surface area contributed by atoms with Gasteiger partial charge in [-0.1, -0.05) is 12.1 Å². The summed E-state index contributed by atoms with van der Waals surface area (Å²) in [6.45, 7) is -0.446. The number of rotatable bonds is 7. The first-order valence-corrected chi connectivity index (χ1v) is 9.37. The van der Waals surface area contributed by atoms with Gasteiger partial charge in [0.25, 0.3) is 0 Å². The number of hydrogen-bond donors (Lipinski definition) is 1. The van der Waals surface area contributed by atoms with Gasteiger partial charge in [0.1, 0.15) is 11.5 Å². The summed E-state index contributed by atoms with van der Waals surface area (Å²) in [5.41, 5.74) is 0.982. The summed E-state index contributed by atoms with van der Waals surface area (Å²) in [5, 5.41) is 2.16. The van der Waals surface area contributed by atoms with Gasteiger partial charge in [-0.25, -0.2) is 0 Å². The van der Waals surface area contributed by atoms with Crippen LogP contribution in [0.1, 0.15) is 16.8 Å². The van der Waals surface area contributed by atoms with Gasteiger partial charge in [0.05, 0.1) is 37.1 Å². The van der Waals surface area contributed by atoms with Crippen molar-refractivity contribution in [2.45, 2.75) is 16.6 Å². The SMILES string of the molecule is COc1ccc(OC)c(C(=O)COC(=O)C[C@H]2Sc3ccccc3NC2=O)c1. The molecule has 0 bridgehead atoms. The maximum atomic E-state index is 12.4. The number of ether oxygens (including phenoxy) is 3. The third-order valence-corrected chi connectivity index (χ3v) is 5.41. The molecule has 2 aromatic rings. The number of methoxy groups -OCH3 is 2. The molecule has 0 unspecified atom stereocenters. The van der Waals surface area contributed by atoms with Crippen molar-refractivity contribution in [3.05, 3.63) is 48.0 Å². The van der Waals surface area contributed by atoms with E-state index in [-0.39, 0.29) is 17.9 Å². The van der Waals surface area contributed by atoms with Crippen LogP contribution in [0.2, 0.25) is 0 Å². The molecule has 146 valence electrons. The van der Waals surface area contributed by atoms with Gasteiger partial charge in [0, 0.05) is 4.90 Å². The fourth-order valence-corrected chi connectivity index (χ4v) is 3.79. The first kappa shape index (κ1) is 19.8. The van der Waals surface area contributed by atoms with Crippen molar-refractivity contribution in [2.75, 3.05) is 26.1 Å². The Labute approximate surface area is 166 Å². The third-order valence-electron chi connectivity index (χ3n) is 4.13. The fourth-order valence-electron chi connectivity index (χ4n) is 2.69. The number of benzene rings is 2. The average molecular weight is 401 g/mol. The summed E-state index contributed by atoms with van der Waals surface area (Å²) in [6.07, 6.45) is -0.132. The predicted octanol–water partition coefficient (Wildman–Crippen LogP) is 2.93. The Morgan fingerprint density at radius 1 is 1.11 bits per heavy atom. The summed E-state index contributed by atoms with van der Waals surface area (Å²) in [7, 11) is 2.93. The highest BCUT2D eigenvalue weighted by Gasteiger charge is 2.29. The molecule has 0 aromatic heterocycles. The van der Waals surface area contributed by atoms with Crippen molar-refractivity contribution >= 4 is 35.1 Å². The minimum Gasteiger partial charge on any atom is -0.497 e. The lowest BCUT2D eigenvalue weighted by Crippen LogP contribution is -2.31. The lowest BCUT2D eigenvalue weighted by Gasteiger charge is -2.23. The number of carbonyl (C=O) groups is 3. The molecule has 1 atom stereocenters. The second kappa shape index (κ2) is 8.79. The largest absolute Gasteiger partial charge is 0.497 e. The fraction of sp³-hybridized carbons (Fsp3) is 0.250. The highest BCUT2D eigenvalue weighted by Crippen LogP contribution is 2.36. The van der Waals surface area contributed by atoms with Crippen molar-refractivity contribution < 1.29 is 28.6 Å². The first-order valence-electron chi connectivity index (χ1n) is 8.49. The monoisotopic (exact) mass is 401 g/mol. The average Bonchev–Trinajstić information content (AvgIpc) is 2.72. The minimum atomic E-state index is -0.623. The number of carbonyl (C=O) groups excluding carboxylic acids is 3. The van der Waals surface area contributed by atoms with Gasteiger partial charge in [0.15, 0.2) is 6.61 Å². The molecule has 0 saturated carbocycles. The van der Waals surface area contributed by atoms with Crippen molar-refractivity contribution in [3.63, 3.8) is 0 Å². The van der Waals surface area contributed by atoms with Gasteiger partial charge in [-0.05, 0) is 30.3 Å². The maximum Gasteiger partial charge on any atom is 0.307 e. The molecule has 2 aromatic carbocycles. The van der Waals surface area contributed by atoms with Gasteiger partial charge >= 0.3 is 5.97 Å². The molecule has 0 radical (unpaired) electrons. The van der Waals surface area contributed by atoms with Gasteiger partial charge in [-0.15, -0.1) is 11.8 Å². The molecule has 8 heteroatoms. The van der Waals surface area contributed by atoms with Crippen molar-refractivity contribution in [1.29, 1.82) is 0 Å². The van der Waals surface area contributed by atoms with E-state index in [0.717, 1.165) is 10.6 Å². The van der Waals surface area contributed by atoms with Crippen LogP contribution in [0, 0.1) is 0 Å². The molecule has 0 aliphatic carbocycles. The van der Waals surface area contributed by atoms with E-state index in [2.05, 4.69) is 5.32 Å². The summed E-state index contributed by atoms with van der Waals surface area (Å²) < 4.78 is 15.4. The number of fused-ring (bicyclic) bond motifs is 1. The van der Waals surface area contributed by atoms with E-state index in [1.165, 1.54) is 32.0 Å². The smallest absolute Gasteiger partial charge is 0.307 e. The molecule has 28 heavy (non-hydrogen) atoms. The van der Waals surface area contributed by atoms with Crippen LogP contribution in [-0.2, 0) is 14.3 Å². The summed E-state index contributed by atoms with van der Waals surface area (Å²) >= 11 is 1.30. The number of nitrogens with one attached hydrogen (secondary N) is 1. The zero-order chi connectivity index (χ0) is 20.1. The normalized spacial score (nSPS) is 15.2. The Morgan fingerprint density at radius 3 is 2.64 bits per heavy atom. The summed E-state index contributed by atoms with van der Waals surface area (Å²) in [5.74, 6) is -0.455. The number of ketones is 1. The lowest BCUT2D eigenvalue weighted by atomic mass is 10.1. The predicted molar refractivity (Wildman–Crippen MR) is 104 cm³/mol. The van der Waals surface area contributed by atoms with E-state index in [1.54, 1.807) is 18.2 Å². The Morgan fingerprint density at radius 2 is 1.89 bits per heavy atom. The van der Waals surface area contributed by atoms with Crippen LogP contribution in [0.3, 0.4) is 0 Å². The quantitative estimate of drug-likeness (QED) is 0.563. The van der Waals surface area contributed by atoms with Crippen molar-refractivity contribution in [3.8, 4) is 11.5 Å². The van der Waals surface area contributed by atoms with Crippen LogP contribution in [0.5, 0.6) is 11.5 Å². The van der Waals surface area contributed by atoms with E-state index >= 15 is 0 Å². The Hall–Kier alpha value is -3.00. The number of Topliss-reactive ketones (excluding diaryl/α,β-unsaturated/α-hetero) is 1. The Balaban J connectivity index is 1.59. The molecular formula is C20H19NO6S. The van der Waals surface area contributed by atoms with E-state index in [9.17, 15) is 14.4 Å². The topological polar surface area (TPSA) is 90.9 Å². The second-order valence-electron chi connectivity index (χ2n) is 5.95. The number of anilines is 1. The van der Waals surface area contributed by atoms with Gasteiger partial charge in [0.2, 0.25) is 11.7 Å². The summed E-state index contributed by atoms with van der Waals surface area (Å²) in [4.78, 5) is 37.6. The number of esters is 1. The van der Waals surface area contributed by atoms with E-state index in [0.29, 0.717) is 11.5 Å². The molecule has 1 aliphatic rings. The molecule has 1 aliphatic heterocycles. The molecule has 0 saturated heterocycles. The van der Waals surface area contributed by atoms with Crippen molar-refractivity contribution in [2.24, 2.45) is 0 Å². The molecule has 1 heterocycles. The molecule has 7 nitrogen and oxygen atoms in total. The molecule has 0 spiro atoms. The van der Waals surface area contributed by atoms with Crippen LogP contribution < -0.4 is 14.8 Å². The van der Waals surface area contributed by atoms with E-state index in [1.807, 2.05) is 18.2 Å². The Kier molecular flexibility index (Phi) is 6.20.